The monoisotopic (exact) mass is 792 g/mol. The molecule has 8 rings (SSSR count). The molecule has 1 radical (unpaired) electrons. The first-order valence-electron chi connectivity index (χ1n) is 17.1. The summed E-state index contributed by atoms with van der Waals surface area (Å²) < 4.78 is 42.8. The number of rotatable bonds is 5. The van der Waals surface area contributed by atoms with Gasteiger partial charge in [0.25, 0.3) is 0 Å². The van der Waals surface area contributed by atoms with E-state index in [0.717, 1.165) is 27.1 Å². The van der Waals surface area contributed by atoms with Crippen LogP contribution in [0.1, 0.15) is 23.5 Å². The Bertz CT molecular complexity index is 2400. The zero-order valence-corrected chi connectivity index (χ0v) is 27.8. The molecule has 0 N–H and O–H groups in total. The molecule has 0 saturated carbocycles. The number of aryl methyl sites for hydroxylation is 1. The van der Waals surface area contributed by atoms with Crippen molar-refractivity contribution in [2.24, 2.45) is 0 Å². The van der Waals surface area contributed by atoms with Gasteiger partial charge < -0.3 is 9.97 Å². The van der Waals surface area contributed by atoms with Crippen molar-refractivity contribution in [3.63, 3.8) is 0 Å². The molecule has 5 aromatic carbocycles. The number of fused-ring (bicyclic) bond motifs is 3. The van der Waals surface area contributed by atoms with E-state index in [1.807, 2.05) is 109 Å². The summed E-state index contributed by atoms with van der Waals surface area (Å²) in [5.74, 6) is 0. The second-order valence-electron chi connectivity index (χ2n) is 10.4. The molecule has 46 heavy (non-hydrogen) atoms. The van der Waals surface area contributed by atoms with E-state index in [1.54, 1.807) is 23.6 Å². The number of pyridine rings is 2. The van der Waals surface area contributed by atoms with E-state index >= 15 is 0 Å². The second-order valence-corrected chi connectivity index (χ2v) is 11.4. The van der Waals surface area contributed by atoms with E-state index in [2.05, 4.69) is 46.4 Å². The predicted octanol–water partition coefficient (Wildman–Crippen LogP) is 11.0. The fourth-order valence-corrected chi connectivity index (χ4v) is 6.43. The van der Waals surface area contributed by atoms with Gasteiger partial charge in [0, 0.05) is 44.1 Å². The molecule has 0 atom stereocenters. The molecule has 8 aromatic rings. The largest absolute Gasteiger partial charge is 0.305 e. The van der Waals surface area contributed by atoms with Crippen molar-refractivity contribution in [2.45, 2.75) is 13.2 Å². The van der Waals surface area contributed by atoms with Gasteiger partial charge in [0.15, 0.2) is 0 Å². The first kappa shape index (κ1) is 25.5. The number of benzene rings is 5. The molecule has 0 spiro atoms. The predicted molar refractivity (Wildman–Crippen MR) is 189 cm³/mol. The third-order valence-corrected chi connectivity index (χ3v) is 8.59. The summed E-state index contributed by atoms with van der Waals surface area (Å²) in [7, 11) is 0. The standard InChI is InChI=1S/C24H16NS.C18H14N.Ir/c1-2-7-17(8-3-1)15-18-13-14-25-22(16-18)21-11-6-10-20-19-9-4-5-12-23(19)26-24(20)21;1-14-13-19-18(16-10-6-3-7-11-16)12-17(14)15-8-4-2-5-9-15;/h1-10,12-14,16H,15H2;2-10,12-13H,1H3;/q2*-1;/i15D2;1D3;. The fraction of sp³-hybridized carbons (Fsp3) is 0.0476. The summed E-state index contributed by atoms with van der Waals surface area (Å²) in [5, 5.41) is 2.42. The molecular formula is C42H30IrN2S-2. The van der Waals surface area contributed by atoms with Crippen LogP contribution in [0.25, 0.3) is 53.8 Å². The summed E-state index contributed by atoms with van der Waals surface area (Å²) in [5.41, 5.74) is 6.27. The average Bonchev–Trinajstić information content (AvgIpc) is 3.55. The summed E-state index contributed by atoms with van der Waals surface area (Å²) >= 11 is 1.73. The molecule has 3 heterocycles. The van der Waals surface area contributed by atoms with Crippen LogP contribution in [-0.2, 0) is 26.5 Å². The average molecular weight is 792 g/mol. The number of hydrogen-bond acceptors (Lipinski definition) is 3. The quantitative estimate of drug-likeness (QED) is 0.162. The Morgan fingerprint density at radius 1 is 0.696 bits per heavy atom. The molecule has 0 saturated heterocycles. The Morgan fingerprint density at radius 3 is 2.28 bits per heavy atom. The maximum atomic E-state index is 8.65. The van der Waals surface area contributed by atoms with Gasteiger partial charge in [0.05, 0.1) is 0 Å². The Morgan fingerprint density at radius 2 is 1.48 bits per heavy atom. The molecular weight excluding hydrogens is 757 g/mol. The van der Waals surface area contributed by atoms with Gasteiger partial charge in [-0.15, -0.1) is 59.7 Å². The SMILES string of the molecule is [2H]C([2H])([2H])c1cnc(-c2[c-]cccc2)cc1-c1ccccc1.[2H]C([2H])(c1ccccc1)c1ccnc(-c2[c-]ccc3c2sc2ccccc23)c1.[Ir]. The van der Waals surface area contributed by atoms with Crippen molar-refractivity contribution >= 4 is 31.5 Å². The Hall–Kier alpha value is -4.73. The third kappa shape index (κ3) is 6.90. The van der Waals surface area contributed by atoms with Gasteiger partial charge in [-0.1, -0.05) is 96.4 Å². The summed E-state index contributed by atoms with van der Waals surface area (Å²) in [6.45, 7) is -2.20. The van der Waals surface area contributed by atoms with E-state index < -0.39 is 13.2 Å². The molecule has 0 aliphatic rings. The normalized spacial score (nSPS) is 12.8. The van der Waals surface area contributed by atoms with E-state index in [1.165, 1.54) is 21.7 Å². The first-order valence-corrected chi connectivity index (χ1v) is 15.4. The van der Waals surface area contributed by atoms with Crippen molar-refractivity contribution < 1.29 is 27.0 Å². The van der Waals surface area contributed by atoms with Gasteiger partial charge in [0.2, 0.25) is 0 Å². The van der Waals surface area contributed by atoms with Crippen molar-refractivity contribution in [3.8, 4) is 33.6 Å². The Labute approximate surface area is 294 Å². The van der Waals surface area contributed by atoms with Gasteiger partial charge in [0.1, 0.15) is 0 Å². The number of nitrogens with zero attached hydrogens (tertiary/aromatic N) is 2. The van der Waals surface area contributed by atoms with Crippen LogP contribution in [0.15, 0.2) is 152 Å². The molecule has 4 heteroatoms. The Balaban J connectivity index is 0.000000178. The number of aromatic nitrogens is 2. The number of hydrogen-bond donors (Lipinski definition) is 0. The van der Waals surface area contributed by atoms with Crippen LogP contribution in [-0.4, -0.2) is 9.97 Å². The topological polar surface area (TPSA) is 25.8 Å². The van der Waals surface area contributed by atoms with E-state index in [4.69, 9.17) is 6.85 Å². The molecule has 0 amide bonds. The van der Waals surface area contributed by atoms with E-state index in [9.17, 15) is 0 Å². The van der Waals surface area contributed by atoms with Gasteiger partial charge in [-0.2, -0.15) is 11.3 Å². The number of thiophene rings is 1. The van der Waals surface area contributed by atoms with Crippen LogP contribution < -0.4 is 0 Å². The Kier molecular flexibility index (Phi) is 8.07. The minimum atomic E-state index is -2.20. The molecule has 3 aromatic heterocycles. The maximum absolute atomic E-state index is 8.65. The summed E-state index contributed by atoms with van der Waals surface area (Å²) in [6.07, 6.45) is 1.55. The second kappa shape index (κ2) is 14.6. The van der Waals surface area contributed by atoms with Crippen LogP contribution in [0.2, 0.25) is 0 Å². The van der Waals surface area contributed by atoms with Crippen molar-refractivity contribution in [1.82, 2.24) is 9.97 Å². The van der Waals surface area contributed by atoms with Crippen molar-refractivity contribution in [3.05, 3.63) is 181 Å². The van der Waals surface area contributed by atoms with E-state index in [0.29, 0.717) is 22.4 Å². The van der Waals surface area contributed by atoms with E-state index in [-0.39, 0.29) is 25.7 Å². The maximum Gasteiger partial charge on any atom is 0.0365 e. The van der Waals surface area contributed by atoms with Crippen molar-refractivity contribution in [1.29, 1.82) is 0 Å². The van der Waals surface area contributed by atoms with Crippen LogP contribution in [0, 0.1) is 19.0 Å². The smallest absolute Gasteiger partial charge is 0.0365 e. The minimum absolute atomic E-state index is 0. The van der Waals surface area contributed by atoms with Crippen molar-refractivity contribution in [2.75, 3.05) is 0 Å². The van der Waals surface area contributed by atoms with Gasteiger partial charge >= 0.3 is 0 Å². The van der Waals surface area contributed by atoms with Crippen LogP contribution in [0.4, 0.5) is 0 Å². The molecule has 0 bridgehead atoms. The van der Waals surface area contributed by atoms with Crippen LogP contribution in [0.5, 0.6) is 0 Å². The fourth-order valence-electron chi connectivity index (χ4n) is 5.23. The van der Waals surface area contributed by atoms with Crippen LogP contribution in [0.3, 0.4) is 0 Å². The summed E-state index contributed by atoms with van der Waals surface area (Å²) in [6, 6.07) is 50.5. The zero-order chi connectivity index (χ0) is 34.7. The summed E-state index contributed by atoms with van der Waals surface area (Å²) in [4.78, 5) is 8.86. The van der Waals surface area contributed by atoms with Gasteiger partial charge in [-0.05, 0) is 74.6 Å². The molecule has 0 aliphatic heterocycles. The molecule has 0 unspecified atom stereocenters. The molecule has 0 fully saturated rings. The molecule has 0 aliphatic carbocycles. The molecule has 225 valence electrons. The van der Waals surface area contributed by atoms with Crippen LogP contribution >= 0.6 is 11.3 Å². The molecule has 2 nitrogen and oxygen atoms in total. The first-order chi connectivity index (χ1) is 24.2. The zero-order valence-electron chi connectivity index (χ0n) is 29.6. The van der Waals surface area contributed by atoms with Gasteiger partial charge in [-0.25, -0.2) is 0 Å². The van der Waals surface area contributed by atoms with Gasteiger partial charge in [-0.3, -0.25) is 0 Å². The minimum Gasteiger partial charge on any atom is -0.305 e. The third-order valence-electron chi connectivity index (χ3n) is 7.39.